The number of nitrogens with zero attached hydrogens (tertiary/aromatic N) is 2. The fraction of sp³-hybridized carbons (Fsp3) is 0.286. The zero-order valence-corrected chi connectivity index (χ0v) is 13.6. The molecule has 0 saturated heterocycles. The molecule has 2 N–H and O–H groups in total. The number of nitrogens with two attached hydrogens (primary N) is 1. The third-order valence-corrected chi connectivity index (χ3v) is 4.49. The fourth-order valence-electron chi connectivity index (χ4n) is 1.84. The van der Waals surface area contributed by atoms with Gasteiger partial charge in [-0.25, -0.2) is 0 Å². The highest BCUT2D eigenvalue weighted by atomic mass is 35.5. The summed E-state index contributed by atoms with van der Waals surface area (Å²) in [7, 11) is 4.88. The maximum Gasteiger partial charge on any atom is 0.266 e. The van der Waals surface area contributed by atoms with E-state index in [9.17, 15) is 9.59 Å². The summed E-state index contributed by atoms with van der Waals surface area (Å²) in [6.45, 7) is 0.0142. The SMILES string of the molecule is CN(C)C(=O)CN(C)C(=O)c1sc2cc(Cl)ccc2c1N. The molecule has 0 unspecified atom stereocenters. The minimum atomic E-state index is -0.264. The first-order valence-electron chi connectivity index (χ1n) is 6.24. The molecule has 5 nitrogen and oxygen atoms in total. The molecule has 2 rings (SSSR count). The Bertz CT molecular complexity index is 712. The van der Waals surface area contributed by atoms with Crippen molar-refractivity contribution >= 4 is 50.5 Å². The molecule has 0 aliphatic carbocycles. The van der Waals surface area contributed by atoms with E-state index in [1.54, 1.807) is 39.3 Å². The van der Waals surface area contributed by atoms with E-state index >= 15 is 0 Å². The Morgan fingerprint density at radius 2 is 1.95 bits per heavy atom. The third-order valence-electron chi connectivity index (χ3n) is 3.10. The second-order valence-electron chi connectivity index (χ2n) is 4.93. The molecule has 0 fully saturated rings. The Morgan fingerprint density at radius 3 is 2.57 bits per heavy atom. The van der Waals surface area contributed by atoms with Gasteiger partial charge in [-0.2, -0.15) is 0 Å². The first kappa shape index (κ1) is 15.6. The lowest BCUT2D eigenvalue weighted by atomic mass is 10.2. The maximum atomic E-state index is 12.4. The third kappa shape index (κ3) is 3.11. The van der Waals surface area contributed by atoms with E-state index in [1.807, 2.05) is 0 Å². The average molecular weight is 326 g/mol. The molecule has 0 aliphatic heterocycles. The second-order valence-corrected chi connectivity index (χ2v) is 6.42. The van der Waals surface area contributed by atoms with Gasteiger partial charge in [-0.3, -0.25) is 9.59 Å². The van der Waals surface area contributed by atoms with Crippen LogP contribution >= 0.6 is 22.9 Å². The quantitative estimate of drug-likeness (QED) is 0.941. The molecule has 7 heteroatoms. The van der Waals surface area contributed by atoms with Crippen LogP contribution in [0.3, 0.4) is 0 Å². The Kier molecular flexibility index (Phi) is 4.39. The minimum absolute atomic E-state index is 0.0142. The van der Waals surface area contributed by atoms with Gasteiger partial charge < -0.3 is 15.5 Å². The summed E-state index contributed by atoms with van der Waals surface area (Å²) in [6.07, 6.45) is 0. The van der Waals surface area contributed by atoms with E-state index in [-0.39, 0.29) is 18.4 Å². The number of fused-ring (bicyclic) bond motifs is 1. The standard InChI is InChI=1S/C14H16ClN3O2S/c1-17(2)11(19)7-18(3)14(20)13-12(16)9-5-4-8(15)6-10(9)21-13/h4-6H,7,16H2,1-3H3. The van der Waals surface area contributed by atoms with E-state index in [2.05, 4.69) is 0 Å². The smallest absolute Gasteiger partial charge is 0.266 e. The van der Waals surface area contributed by atoms with Crippen LogP contribution in [0.5, 0.6) is 0 Å². The molecule has 1 aromatic carbocycles. The number of carbonyl (C=O) groups is 2. The van der Waals surface area contributed by atoms with E-state index < -0.39 is 0 Å². The van der Waals surface area contributed by atoms with Crippen molar-refractivity contribution in [2.45, 2.75) is 0 Å². The van der Waals surface area contributed by atoms with Gasteiger partial charge in [-0.15, -0.1) is 11.3 Å². The highest BCUT2D eigenvalue weighted by Crippen LogP contribution is 2.35. The van der Waals surface area contributed by atoms with Crippen molar-refractivity contribution in [3.8, 4) is 0 Å². The molecular formula is C14H16ClN3O2S. The van der Waals surface area contributed by atoms with Gasteiger partial charge in [0.2, 0.25) is 5.91 Å². The molecule has 1 heterocycles. The normalized spacial score (nSPS) is 10.7. The summed E-state index contributed by atoms with van der Waals surface area (Å²) < 4.78 is 0.857. The Labute approximate surface area is 131 Å². The number of amides is 2. The Balaban J connectivity index is 2.31. The summed E-state index contributed by atoms with van der Waals surface area (Å²) in [5, 5.41) is 1.40. The number of nitrogen functional groups attached to an aromatic ring is 1. The number of anilines is 1. The van der Waals surface area contributed by atoms with Crippen LogP contribution in [0.15, 0.2) is 18.2 Å². The molecule has 0 bridgehead atoms. The monoisotopic (exact) mass is 325 g/mol. The van der Waals surface area contributed by atoms with Gasteiger partial charge in [0.25, 0.3) is 5.91 Å². The van der Waals surface area contributed by atoms with Crippen molar-refractivity contribution in [2.24, 2.45) is 0 Å². The Hall–Kier alpha value is -1.79. The number of hydrogen-bond acceptors (Lipinski definition) is 4. The van der Waals surface area contributed by atoms with Crippen molar-refractivity contribution in [1.29, 1.82) is 0 Å². The second kappa shape index (κ2) is 5.91. The van der Waals surface area contributed by atoms with Crippen LogP contribution in [0, 0.1) is 0 Å². The number of carbonyl (C=O) groups excluding carboxylic acids is 2. The lowest BCUT2D eigenvalue weighted by molar-refractivity contribution is -0.129. The largest absolute Gasteiger partial charge is 0.397 e. The van der Waals surface area contributed by atoms with Gasteiger partial charge in [-0.1, -0.05) is 11.6 Å². The van der Waals surface area contributed by atoms with Gasteiger partial charge in [0.05, 0.1) is 12.2 Å². The number of likely N-dealkylation sites (N-methyl/N-ethyl adjacent to an activating group) is 2. The fourth-order valence-corrected chi connectivity index (χ4v) is 3.23. The van der Waals surface area contributed by atoms with Gasteiger partial charge >= 0.3 is 0 Å². The van der Waals surface area contributed by atoms with Crippen LogP contribution in [0.1, 0.15) is 9.67 Å². The molecular weight excluding hydrogens is 310 g/mol. The number of halogens is 1. The van der Waals surface area contributed by atoms with Crippen LogP contribution in [-0.2, 0) is 4.79 Å². The predicted molar refractivity (Wildman–Crippen MR) is 86.9 cm³/mol. The molecule has 0 saturated carbocycles. The molecule has 2 amide bonds. The average Bonchev–Trinajstić information content (AvgIpc) is 2.74. The van der Waals surface area contributed by atoms with Crippen molar-refractivity contribution in [3.05, 3.63) is 28.1 Å². The highest BCUT2D eigenvalue weighted by molar-refractivity contribution is 7.21. The Morgan fingerprint density at radius 1 is 1.29 bits per heavy atom. The van der Waals surface area contributed by atoms with E-state index in [4.69, 9.17) is 17.3 Å². The number of rotatable bonds is 3. The first-order valence-corrected chi connectivity index (χ1v) is 7.44. The summed E-state index contributed by atoms with van der Waals surface area (Å²) >= 11 is 7.23. The van der Waals surface area contributed by atoms with Crippen LogP contribution in [0.2, 0.25) is 5.02 Å². The van der Waals surface area contributed by atoms with E-state index in [0.717, 1.165) is 10.1 Å². The predicted octanol–water partition coefficient (Wildman–Crippen LogP) is 2.30. The minimum Gasteiger partial charge on any atom is -0.397 e. The summed E-state index contributed by atoms with van der Waals surface area (Å²) in [5.41, 5.74) is 6.47. The van der Waals surface area contributed by atoms with Gasteiger partial charge in [0.15, 0.2) is 0 Å². The van der Waals surface area contributed by atoms with Gasteiger partial charge in [0, 0.05) is 36.3 Å². The van der Waals surface area contributed by atoms with Crippen molar-refractivity contribution < 1.29 is 9.59 Å². The zero-order chi connectivity index (χ0) is 15.7. The van der Waals surface area contributed by atoms with Crippen LogP contribution in [0.25, 0.3) is 10.1 Å². The summed E-state index contributed by atoms with van der Waals surface area (Å²) in [5.74, 6) is -0.409. The molecule has 21 heavy (non-hydrogen) atoms. The lowest BCUT2D eigenvalue weighted by Crippen LogP contribution is -2.37. The lowest BCUT2D eigenvalue weighted by Gasteiger charge is -2.18. The number of benzene rings is 1. The van der Waals surface area contributed by atoms with Gasteiger partial charge in [-0.05, 0) is 18.2 Å². The maximum absolute atomic E-state index is 12.4. The van der Waals surface area contributed by atoms with Crippen LogP contribution < -0.4 is 5.73 Å². The molecule has 112 valence electrons. The topological polar surface area (TPSA) is 66.6 Å². The number of hydrogen-bond donors (Lipinski definition) is 1. The molecule has 0 atom stereocenters. The van der Waals surface area contributed by atoms with Crippen LogP contribution in [0.4, 0.5) is 5.69 Å². The first-order chi connectivity index (χ1) is 9.81. The molecule has 1 aromatic heterocycles. The highest BCUT2D eigenvalue weighted by Gasteiger charge is 2.21. The summed E-state index contributed by atoms with van der Waals surface area (Å²) in [6, 6.07) is 5.31. The summed E-state index contributed by atoms with van der Waals surface area (Å²) in [4.78, 5) is 27.3. The molecule has 2 aromatic rings. The van der Waals surface area contributed by atoms with Crippen LogP contribution in [-0.4, -0.2) is 49.3 Å². The van der Waals surface area contributed by atoms with E-state index in [0.29, 0.717) is 15.6 Å². The van der Waals surface area contributed by atoms with Crippen molar-refractivity contribution in [2.75, 3.05) is 33.4 Å². The van der Waals surface area contributed by atoms with Crippen molar-refractivity contribution in [1.82, 2.24) is 9.80 Å². The zero-order valence-electron chi connectivity index (χ0n) is 12.0. The van der Waals surface area contributed by atoms with Gasteiger partial charge in [0.1, 0.15) is 4.88 Å². The molecule has 0 aliphatic rings. The van der Waals surface area contributed by atoms with Crippen molar-refractivity contribution in [3.63, 3.8) is 0 Å². The molecule has 0 spiro atoms. The molecule has 0 radical (unpaired) electrons. The number of thiophene rings is 1. The van der Waals surface area contributed by atoms with E-state index in [1.165, 1.54) is 21.1 Å².